The summed E-state index contributed by atoms with van der Waals surface area (Å²) in [7, 11) is 1.39. The van der Waals surface area contributed by atoms with Crippen LogP contribution in [0.15, 0.2) is 48.5 Å². The van der Waals surface area contributed by atoms with E-state index >= 15 is 0 Å². The van der Waals surface area contributed by atoms with Crippen molar-refractivity contribution < 1.29 is 10.2 Å². The normalized spacial score (nSPS) is 15.2. The van der Waals surface area contributed by atoms with Gasteiger partial charge in [-0.3, -0.25) is 0 Å². The highest BCUT2D eigenvalue weighted by molar-refractivity contribution is 5.78. The van der Waals surface area contributed by atoms with Crippen LogP contribution in [0.25, 0.3) is 11.1 Å². The largest absolute Gasteiger partial charge is 0.599 e. The first kappa shape index (κ1) is 11.4. The Balaban J connectivity index is 2.03. The molecule has 1 atom stereocenters. The van der Waals surface area contributed by atoms with Gasteiger partial charge in [-0.2, -0.15) is 0 Å². The molecule has 1 aliphatic rings. The van der Waals surface area contributed by atoms with Crippen LogP contribution in [0.5, 0.6) is 0 Å². The highest BCUT2D eigenvalue weighted by Gasteiger charge is 2.28. The molecule has 18 heavy (non-hydrogen) atoms. The minimum absolute atomic E-state index is 0.0821. The number of benzene rings is 2. The van der Waals surface area contributed by atoms with Gasteiger partial charge in [0.25, 0.3) is 0 Å². The number of hydroxylamine groups is 3. The molecule has 1 aliphatic carbocycles. The molecule has 4 heteroatoms. The molecule has 0 fully saturated rings. The van der Waals surface area contributed by atoms with Gasteiger partial charge in [0, 0.05) is 0 Å². The molecule has 92 valence electrons. The Kier molecular flexibility index (Phi) is 2.85. The van der Waals surface area contributed by atoms with E-state index < -0.39 is 0 Å². The van der Waals surface area contributed by atoms with Gasteiger partial charge in [0.2, 0.25) is 0 Å². The molecular formula is C14H14N2O2. The topological polar surface area (TPSA) is 48.8 Å². The zero-order valence-electron chi connectivity index (χ0n) is 10.0. The summed E-state index contributed by atoms with van der Waals surface area (Å²) in [5.74, 6) is 0. The molecule has 0 heterocycles. The molecule has 2 N–H and O–H groups in total. The van der Waals surface area contributed by atoms with Gasteiger partial charge >= 0.3 is 0 Å². The average molecular weight is 242 g/mol. The predicted molar refractivity (Wildman–Crippen MR) is 68.2 cm³/mol. The van der Waals surface area contributed by atoms with Crippen LogP contribution in [0.3, 0.4) is 0 Å². The first-order valence-corrected chi connectivity index (χ1v) is 5.88. The van der Waals surface area contributed by atoms with Crippen LogP contribution < -0.4 is 10.7 Å². The van der Waals surface area contributed by atoms with Gasteiger partial charge in [0.05, 0.1) is 13.1 Å². The second-order valence-electron chi connectivity index (χ2n) is 4.32. The van der Waals surface area contributed by atoms with Crippen LogP contribution in [0.4, 0.5) is 0 Å². The van der Waals surface area contributed by atoms with Crippen LogP contribution in [-0.4, -0.2) is 7.05 Å². The minimum atomic E-state index is -0.336. The molecule has 0 spiro atoms. The molecule has 0 bridgehead atoms. The van der Waals surface area contributed by atoms with E-state index in [1.54, 1.807) is 0 Å². The molecule has 3 rings (SSSR count). The molecule has 0 saturated carbocycles. The van der Waals surface area contributed by atoms with Crippen LogP contribution in [0.2, 0.25) is 0 Å². The van der Waals surface area contributed by atoms with Crippen LogP contribution in [0, 0.1) is 5.21 Å². The van der Waals surface area contributed by atoms with Crippen molar-refractivity contribution in [2.45, 2.75) is 6.04 Å². The van der Waals surface area contributed by atoms with Gasteiger partial charge in [-0.1, -0.05) is 48.5 Å². The third-order valence-corrected chi connectivity index (χ3v) is 3.15. The maximum atomic E-state index is 10.9. The average Bonchev–Trinajstić information content (AvgIpc) is 2.71. The second kappa shape index (κ2) is 4.51. The summed E-state index contributed by atoms with van der Waals surface area (Å²) in [5.41, 5.74) is 7.51. The van der Waals surface area contributed by atoms with E-state index in [-0.39, 0.29) is 11.3 Å². The number of fused-ring (bicyclic) bond motifs is 3. The van der Waals surface area contributed by atoms with Gasteiger partial charge in [-0.15, -0.1) is 10.4 Å². The van der Waals surface area contributed by atoms with E-state index in [1.807, 2.05) is 24.3 Å². The van der Waals surface area contributed by atoms with E-state index in [0.29, 0.717) is 0 Å². The Morgan fingerprint density at radius 2 is 1.50 bits per heavy atom. The van der Waals surface area contributed by atoms with E-state index in [9.17, 15) is 5.21 Å². The van der Waals surface area contributed by atoms with Crippen LogP contribution >= 0.6 is 0 Å². The molecule has 0 saturated heterocycles. The number of hydrogen-bond acceptors (Lipinski definition) is 3. The SMILES string of the molecule is C[NH+]([O-])ONC1c2ccccc2-c2ccccc21. The number of nitrogens with one attached hydrogen (secondary N) is 2. The Morgan fingerprint density at radius 3 is 2.00 bits per heavy atom. The summed E-state index contributed by atoms with van der Waals surface area (Å²) in [6, 6.07) is 16.2. The zero-order chi connectivity index (χ0) is 12.5. The smallest absolute Gasteiger partial charge is 0.0982 e. The lowest BCUT2D eigenvalue weighted by atomic mass is 10.1. The lowest BCUT2D eigenvalue weighted by molar-refractivity contribution is -1.05. The number of hydrogen-bond donors (Lipinski definition) is 2. The summed E-state index contributed by atoms with van der Waals surface area (Å²) in [6.07, 6.45) is 0. The monoisotopic (exact) mass is 242 g/mol. The molecule has 0 aliphatic heterocycles. The van der Waals surface area contributed by atoms with Gasteiger partial charge < -0.3 is 5.21 Å². The lowest BCUT2D eigenvalue weighted by Crippen LogP contribution is -3.04. The van der Waals surface area contributed by atoms with E-state index in [4.69, 9.17) is 4.94 Å². The molecular weight excluding hydrogens is 228 g/mol. The van der Waals surface area contributed by atoms with Crippen molar-refractivity contribution in [3.8, 4) is 11.1 Å². The van der Waals surface area contributed by atoms with Crippen molar-refractivity contribution >= 4 is 0 Å². The fourth-order valence-electron chi connectivity index (χ4n) is 2.42. The van der Waals surface area contributed by atoms with Crippen LogP contribution in [0.1, 0.15) is 17.2 Å². The van der Waals surface area contributed by atoms with Crippen molar-refractivity contribution in [3.05, 3.63) is 64.9 Å². The van der Waals surface area contributed by atoms with E-state index in [0.717, 1.165) is 11.1 Å². The Labute approximate surface area is 105 Å². The highest BCUT2D eigenvalue weighted by Crippen LogP contribution is 2.42. The van der Waals surface area contributed by atoms with Gasteiger partial charge in [0.15, 0.2) is 0 Å². The molecule has 0 radical (unpaired) electrons. The first-order chi connectivity index (χ1) is 8.77. The lowest BCUT2D eigenvalue weighted by Gasteiger charge is -2.19. The number of quaternary nitrogens is 1. The zero-order valence-corrected chi connectivity index (χ0v) is 10.0. The highest BCUT2D eigenvalue weighted by atomic mass is 17.0. The third-order valence-electron chi connectivity index (χ3n) is 3.15. The summed E-state index contributed by atoms with van der Waals surface area (Å²) < 4.78 is 0. The maximum absolute atomic E-state index is 10.9. The summed E-state index contributed by atoms with van der Waals surface area (Å²) in [4.78, 5) is 4.95. The standard InChI is InChI=1S/C14H14N2O2/c1-16(17)18-15-14-12-8-4-2-6-10(12)11-7-3-5-9-13(11)14/h2-9,14-16H,1H3. The molecule has 2 aromatic rings. The third kappa shape index (κ3) is 1.81. The Hall–Kier alpha value is -1.72. The van der Waals surface area contributed by atoms with Gasteiger partial charge in [0.1, 0.15) is 0 Å². The first-order valence-electron chi connectivity index (χ1n) is 5.88. The van der Waals surface area contributed by atoms with E-state index in [1.165, 1.54) is 18.2 Å². The van der Waals surface area contributed by atoms with Gasteiger partial charge in [-0.05, 0) is 22.3 Å². The quantitative estimate of drug-likeness (QED) is 0.795. The maximum Gasteiger partial charge on any atom is 0.0982 e. The minimum Gasteiger partial charge on any atom is -0.599 e. The molecule has 0 amide bonds. The van der Waals surface area contributed by atoms with Crippen LogP contribution in [-0.2, 0) is 4.94 Å². The van der Waals surface area contributed by atoms with E-state index in [2.05, 4.69) is 29.7 Å². The predicted octanol–water partition coefficient (Wildman–Crippen LogP) is 1.21. The molecule has 4 nitrogen and oxygen atoms in total. The van der Waals surface area contributed by atoms with Gasteiger partial charge in [-0.25, -0.2) is 5.23 Å². The van der Waals surface area contributed by atoms with Crippen molar-refractivity contribution in [2.75, 3.05) is 7.05 Å². The molecule has 1 unspecified atom stereocenters. The summed E-state index contributed by atoms with van der Waals surface area (Å²) in [5, 5.41) is 10.6. The summed E-state index contributed by atoms with van der Waals surface area (Å²) in [6.45, 7) is 0. The molecule has 2 aromatic carbocycles. The Bertz CT molecular complexity index is 524. The van der Waals surface area contributed by atoms with Crippen molar-refractivity contribution in [2.24, 2.45) is 0 Å². The Morgan fingerprint density at radius 1 is 1.00 bits per heavy atom. The molecule has 0 aromatic heterocycles. The second-order valence-corrected chi connectivity index (χ2v) is 4.32. The van der Waals surface area contributed by atoms with Crippen molar-refractivity contribution in [1.82, 2.24) is 5.48 Å². The summed E-state index contributed by atoms with van der Waals surface area (Å²) >= 11 is 0. The number of rotatable bonds is 3. The fraction of sp³-hybridized carbons (Fsp3) is 0.143. The fourth-order valence-corrected chi connectivity index (χ4v) is 2.42. The van der Waals surface area contributed by atoms with Crippen molar-refractivity contribution in [1.29, 1.82) is 0 Å². The van der Waals surface area contributed by atoms with Crippen molar-refractivity contribution in [3.63, 3.8) is 0 Å².